The molecule has 1 atom stereocenters. The highest BCUT2D eigenvalue weighted by Crippen LogP contribution is 2.43. The Morgan fingerprint density at radius 3 is 3.00 bits per heavy atom. The number of fused-ring (bicyclic) bond motifs is 4. The van der Waals surface area contributed by atoms with Crippen molar-refractivity contribution in [1.82, 2.24) is 0 Å². The summed E-state index contributed by atoms with van der Waals surface area (Å²) in [7, 11) is 0. The Hall–Kier alpha value is -2.62. The van der Waals surface area contributed by atoms with Crippen molar-refractivity contribution < 1.29 is 18.7 Å². The highest BCUT2D eigenvalue weighted by atomic mass is 16.5. The van der Waals surface area contributed by atoms with E-state index in [0.29, 0.717) is 12.4 Å². The van der Waals surface area contributed by atoms with Crippen LogP contribution in [0.5, 0.6) is 0 Å². The summed E-state index contributed by atoms with van der Waals surface area (Å²) >= 11 is 0. The number of hydrogen-bond acceptors (Lipinski definition) is 4. The molecule has 2 aliphatic carbocycles. The Balaban J connectivity index is 1.77. The second-order valence-corrected chi connectivity index (χ2v) is 6.59. The van der Waals surface area contributed by atoms with Gasteiger partial charge in [-0.25, -0.2) is 4.79 Å². The molecule has 1 aromatic heterocycles. The van der Waals surface area contributed by atoms with E-state index in [1.165, 1.54) is 17.2 Å². The van der Waals surface area contributed by atoms with Gasteiger partial charge in [0.15, 0.2) is 5.76 Å². The molecule has 0 spiro atoms. The number of benzene rings is 1. The number of ether oxygens (including phenoxy) is 1. The van der Waals surface area contributed by atoms with Crippen LogP contribution in [0.4, 0.5) is 0 Å². The van der Waals surface area contributed by atoms with Crippen molar-refractivity contribution >= 4 is 17.8 Å². The maximum atomic E-state index is 13.1. The standard InChI is InChI=1S/C21H20O4/c1-3-24-17(22)10-8-14-11-25-21-18(14)12(2)15-9-7-13-5-4-6-16(13)19(15)20(21)23/h7-12H,3-6H2,1-2H3/b10-8+. The molecule has 0 amide bonds. The molecule has 0 radical (unpaired) electrons. The van der Waals surface area contributed by atoms with Gasteiger partial charge in [0.05, 0.1) is 12.9 Å². The van der Waals surface area contributed by atoms with Crippen molar-refractivity contribution in [2.24, 2.45) is 0 Å². The molecule has 4 nitrogen and oxygen atoms in total. The van der Waals surface area contributed by atoms with Gasteiger partial charge >= 0.3 is 5.97 Å². The Labute approximate surface area is 146 Å². The normalized spacial score (nSPS) is 18.2. The topological polar surface area (TPSA) is 56.5 Å². The number of carbonyl (C=O) groups excluding carboxylic acids is 2. The van der Waals surface area contributed by atoms with Crippen LogP contribution in [-0.4, -0.2) is 18.4 Å². The van der Waals surface area contributed by atoms with Gasteiger partial charge in [-0.1, -0.05) is 19.1 Å². The number of esters is 1. The lowest BCUT2D eigenvalue weighted by Gasteiger charge is -2.24. The lowest BCUT2D eigenvalue weighted by Crippen LogP contribution is -2.19. The number of aryl methyl sites for hydroxylation is 1. The van der Waals surface area contributed by atoms with Gasteiger partial charge in [0.1, 0.15) is 0 Å². The molecular formula is C21H20O4. The smallest absolute Gasteiger partial charge is 0.330 e. The monoisotopic (exact) mass is 336 g/mol. The minimum Gasteiger partial charge on any atom is -0.463 e. The highest BCUT2D eigenvalue weighted by Gasteiger charge is 2.36. The molecule has 0 saturated carbocycles. The number of ketones is 1. The lowest BCUT2D eigenvalue weighted by atomic mass is 9.77. The molecule has 4 rings (SSSR count). The fraction of sp³-hybridized carbons (Fsp3) is 0.333. The van der Waals surface area contributed by atoms with E-state index in [1.807, 2.05) is 0 Å². The van der Waals surface area contributed by atoms with Crippen LogP contribution in [0.2, 0.25) is 0 Å². The van der Waals surface area contributed by atoms with Crippen LogP contribution in [0, 0.1) is 0 Å². The Morgan fingerprint density at radius 2 is 2.20 bits per heavy atom. The molecule has 0 bridgehead atoms. The zero-order valence-electron chi connectivity index (χ0n) is 14.4. The summed E-state index contributed by atoms with van der Waals surface area (Å²) < 4.78 is 10.5. The van der Waals surface area contributed by atoms with E-state index in [0.717, 1.165) is 41.5 Å². The summed E-state index contributed by atoms with van der Waals surface area (Å²) in [6.07, 6.45) is 7.71. The fourth-order valence-corrected chi connectivity index (χ4v) is 4.06. The van der Waals surface area contributed by atoms with E-state index in [9.17, 15) is 9.59 Å². The molecule has 1 unspecified atom stereocenters. The van der Waals surface area contributed by atoms with Gasteiger partial charge in [0.2, 0.25) is 5.78 Å². The molecule has 25 heavy (non-hydrogen) atoms. The second kappa shape index (κ2) is 6.03. The molecule has 4 heteroatoms. The summed E-state index contributed by atoms with van der Waals surface area (Å²) in [5, 5.41) is 0. The molecule has 1 aromatic carbocycles. The third kappa shape index (κ3) is 2.44. The van der Waals surface area contributed by atoms with E-state index in [-0.39, 0.29) is 11.7 Å². The largest absolute Gasteiger partial charge is 0.463 e. The molecule has 128 valence electrons. The van der Waals surface area contributed by atoms with Crippen molar-refractivity contribution in [1.29, 1.82) is 0 Å². The molecule has 0 fully saturated rings. The van der Waals surface area contributed by atoms with E-state index in [4.69, 9.17) is 9.15 Å². The summed E-state index contributed by atoms with van der Waals surface area (Å²) in [4.78, 5) is 24.6. The number of furan rings is 1. The Morgan fingerprint density at radius 1 is 1.36 bits per heavy atom. The number of rotatable bonds is 3. The maximum Gasteiger partial charge on any atom is 0.330 e. The van der Waals surface area contributed by atoms with Crippen LogP contribution in [0.15, 0.2) is 28.9 Å². The minimum atomic E-state index is -0.398. The molecule has 0 saturated heterocycles. The van der Waals surface area contributed by atoms with Gasteiger partial charge in [0, 0.05) is 28.7 Å². The van der Waals surface area contributed by atoms with Gasteiger partial charge < -0.3 is 9.15 Å². The van der Waals surface area contributed by atoms with Gasteiger partial charge in [-0.3, -0.25) is 4.79 Å². The summed E-state index contributed by atoms with van der Waals surface area (Å²) in [5.41, 5.74) is 6.00. The van der Waals surface area contributed by atoms with Gasteiger partial charge in [0.25, 0.3) is 0 Å². The van der Waals surface area contributed by atoms with Crippen molar-refractivity contribution in [3.8, 4) is 0 Å². The fourth-order valence-electron chi connectivity index (χ4n) is 4.06. The van der Waals surface area contributed by atoms with Crippen molar-refractivity contribution in [2.75, 3.05) is 6.61 Å². The number of carbonyl (C=O) groups is 2. The van der Waals surface area contributed by atoms with Gasteiger partial charge in [-0.15, -0.1) is 0 Å². The van der Waals surface area contributed by atoms with Gasteiger partial charge in [-0.05, 0) is 49.0 Å². The summed E-state index contributed by atoms with van der Waals surface area (Å²) in [6.45, 7) is 4.18. The second-order valence-electron chi connectivity index (χ2n) is 6.59. The van der Waals surface area contributed by atoms with Gasteiger partial charge in [-0.2, -0.15) is 0 Å². The predicted octanol–water partition coefficient (Wildman–Crippen LogP) is 4.04. The van der Waals surface area contributed by atoms with Crippen molar-refractivity contribution in [3.63, 3.8) is 0 Å². The molecule has 2 aliphatic rings. The Bertz CT molecular complexity index is 901. The minimum absolute atomic E-state index is 0.0300. The van der Waals surface area contributed by atoms with Crippen LogP contribution in [0.3, 0.4) is 0 Å². The third-order valence-electron chi connectivity index (χ3n) is 5.19. The quantitative estimate of drug-likeness (QED) is 0.627. The maximum absolute atomic E-state index is 13.1. The average molecular weight is 336 g/mol. The lowest BCUT2D eigenvalue weighted by molar-refractivity contribution is -0.137. The first-order valence-corrected chi connectivity index (χ1v) is 8.77. The molecule has 1 heterocycles. The van der Waals surface area contributed by atoms with Crippen LogP contribution in [-0.2, 0) is 22.4 Å². The first-order valence-electron chi connectivity index (χ1n) is 8.77. The zero-order chi connectivity index (χ0) is 17.6. The highest BCUT2D eigenvalue weighted by molar-refractivity contribution is 6.12. The average Bonchev–Trinajstić information content (AvgIpc) is 3.24. The molecular weight excluding hydrogens is 316 g/mol. The van der Waals surface area contributed by atoms with Crippen molar-refractivity contribution in [2.45, 2.75) is 39.0 Å². The summed E-state index contributed by atoms with van der Waals surface area (Å²) in [6, 6.07) is 4.24. The van der Waals surface area contributed by atoms with Crippen LogP contribution >= 0.6 is 0 Å². The Kier molecular flexibility index (Phi) is 3.83. The number of hydrogen-bond donors (Lipinski definition) is 0. The van der Waals surface area contributed by atoms with E-state index < -0.39 is 5.97 Å². The van der Waals surface area contributed by atoms with Crippen LogP contribution in [0.25, 0.3) is 6.08 Å². The van der Waals surface area contributed by atoms with Crippen LogP contribution in [0.1, 0.15) is 70.1 Å². The van der Waals surface area contributed by atoms with E-state index in [2.05, 4.69) is 19.1 Å². The van der Waals surface area contributed by atoms with Crippen LogP contribution < -0.4 is 0 Å². The zero-order valence-corrected chi connectivity index (χ0v) is 14.4. The van der Waals surface area contributed by atoms with Crippen molar-refractivity contribution in [3.05, 3.63) is 63.6 Å². The SMILES string of the molecule is CCOC(=O)/C=C/c1coc2c1C(C)c1ccc3c(c1C2=O)CCC3. The first kappa shape index (κ1) is 15.9. The van der Waals surface area contributed by atoms with E-state index in [1.54, 1.807) is 19.3 Å². The van der Waals surface area contributed by atoms with E-state index >= 15 is 0 Å². The molecule has 2 aromatic rings. The molecule has 0 aliphatic heterocycles. The summed E-state index contributed by atoms with van der Waals surface area (Å²) in [5.74, 6) is 0.0288. The first-order chi connectivity index (χ1) is 12.1. The predicted molar refractivity (Wildman–Crippen MR) is 93.8 cm³/mol. The molecule has 0 N–H and O–H groups in total. The third-order valence-corrected chi connectivity index (χ3v) is 5.19.